The molecule has 0 aromatic carbocycles. The topological polar surface area (TPSA) is 58.4 Å². The van der Waals surface area contributed by atoms with Gasteiger partial charge in [-0.25, -0.2) is 0 Å². The monoisotopic (exact) mass is 424 g/mol. The van der Waals surface area contributed by atoms with E-state index in [-0.39, 0.29) is 11.8 Å². The molecule has 1 unspecified atom stereocenters. The van der Waals surface area contributed by atoms with Crippen molar-refractivity contribution in [1.82, 2.24) is 19.4 Å². The molecular formula is C25H36N4O2. The van der Waals surface area contributed by atoms with Crippen LogP contribution in [0, 0.1) is 5.41 Å². The second kappa shape index (κ2) is 9.01. The quantitative estimate of drug-likeness (QED) is 0.723. The standard InChI is InChI=1S/C25H36N4O2/c1-4-19(3)21-17-29(22-6-11-26-16-20(21)22)18-24(31)28-14-9-25(10-15-28)7-12-27(13-8-25)23(30)5-2/h6,11,16-17,19H,4-5,7-10,12-15,18H2,1-3H3. The van der Waals surface area contributed by atoms with Crippen molar-refractivity contribution in [3.63, 3.8) is 0 Å². The first-order chi connectivity index (χ1) is 15.0. The average Bonchev–Trinajstić information content (AvgIpc) is 3.17. The van der Waals surface area contributed by atoms with Crippen molar-refractivity contribution in [2.24, 2.45) is 5.41 Å². The van der Waals surface area contributed by atoms with Gasteiger partial charge < -0.3 is 14.4 Å². The number of nitrogens with zero attached hydrogens (tertiary/aromatic N) is 4. The molecule has 4 rings (SSSR count). The number of rotatable bonds is 5. The van der Waals surface area contributed by atoms with E-state index in [1.807, 2.05) is 35.2 Å². The second-order valence-corrected chi connectivity index (χ2v) is 9.53. The summed E-state index contributed by atoms with van der Waals surface area (Å²) in [5.74, 6) is 0.926. The lowest BCUT2D eigenvalue weighted by Crippen LogP contribution is -2.49. The molecule has 1 spiro atoms. The Morgan fingerprint density at radius 2 is 1.65 bits per heavy atom. The van der Waals surface area contributed by atoms with Crippen LogP contribution < -0.4 is 0 Å². The maximum absolute atomic E-state index is 13.1. The van der Waals surface area contributed by atoms with Gasteiger partial charge in [0.25, 0.3) is 0 Å². The van der Waals surface area contributed by atoms with Crippen molar-refractivity contribution in [2.45, 2.75) is 71.8 Å². The lowest BCUT2D eigenvalue weighted by Gasteiger charge is -2.47. The van der Waals surface area contributed by atoms with Crippen molar-refractivity contribution < 1.29 is 9.59 Å². The number of likely N-dealkylation sites (tertiary alicyclic amines) is 2. The predicted octanol–water partition coefficient (Wildman–Crippen LogP) is 4.19. The fourth-order valence-electron chi connectivity index (χ4n) is 5.34. The summed E-state index contributed by atoms with van der Waals surface area (Å²) in [6, 6.07) is 2.02. The number of aromatic nitrogens is 2. The molecule has 168 valence electrons. The van der Waals surface area contributed by atoms with Gasteiger partial charge in [-0.2, -0.15) is 0 Å². The van der Waals surface area contributed by atoms with E-state index in [0.717, 1.165) is 69.2 Å². The van der Waals surface area contributed by atoms with E-state index in [1.54, 1.807) is 0 Å². The molecule has 6 heteroatoms. The molecule has 2 amide bonds. The highest BCUT2D eigenvalue weighted by molar-refractivity contribution is 5.86. The van der Waals surface area contributed by atoms with Gasteiger partial charge in [-0.1, -0.05) is 20.8 Å². The van der Waals surface area contributed by atoms with Crippen LogP contribution in [-0.4, -0.2) is 57.3 Å². The minimum atomic E-state index is 0.206. The van der Waals surface area contributed by atoms with Crippen LogP contribution in [-0.2, 0) is 16.1 Å². The van der Waals surface area contributed by atoms with Crippen LogP contribution >= 0.6 is 0 Å². The van der Waals surface area contributed by atoms with Crippen LogP contribution in [0.2, 0.25) is 0 Å². The molecule has 2 saturated heterocycles. The minimum absolute atomic E-state index is 0.206. The number of fused-ring (bicyclic) bond motifs is 1. The van der Waals surface area contributed by atoms with Gasteiger partial charge in [-0.15, -0.1) is 0 Å². The van der Waals surface area contributed by atoms with Crippen molar-refractivity contribution in [1.29, 1.82) is 0 Å². The van der Waals surface area contributed by atoms with E-state index in [9.17, 15) is 9.59 Å². The fourth-order valence-corrected chi connectivity index (χ4v) is 5.34. The van der Waals surface area contributed by atoms with Gasteiger partial charge in [0.15, 0.2) is 0 Å². The number of piperidine rings is 2. The molecule has 0 bridgehead atoms. The Morgan fingerprint density at radius 3 is 2.23 bits per heavy atom. The number of carbonyl (C=O) groups is 2. The molecular weight excluding hydrogens is 388 g/mol. The molecule has 0 N–H and O–H groups in total. The molecule has 2 aromatic heterocycles. The zero-order chi connectivity index (χ0) is 22.0. The van der Waals surface area contributed by atoms with Crippen LogP contribution in [0.4, 0.5) is 0 Å². The second-order valence-electron chi connectivity index (χ2n) is 9.53. The summed E-state index contributed by atoms with van der Waals surface area (Å²) >= 11 is 0. The summed E-state index contributed by atoms with van der Waals surface area (Å²) < 4.78 is 2.11. The lowest BCUT2D eigenvalue weighted by atomic mass is 9.71. The van der Waals surface area contributed by atoms with Crippen molar-refractivity contribution >= 4 is 22.7 Å². The summed E-state index contributed by atoms with van der Waals surface area (Å²) in [4.78, 5) is 33.5. The molecule has 6 nitrogen and oxygen atoms in total. The van der Waals surface area contributed by atoms with Gasteiger partial charge in [0.1, 0.15) is 6.54 Å². The largest absolute Gasteiger partial charge is 0.343 e. The van der Waals surface area contributed by atoms with E-state index in [0.29, 0.717) is 24.3 Å². The van der Waals surface area contributed by atoms with Crippen LogP contribution in [0.1, 0.15) is 70.8 Å². The Bertz CT molecular complexity index is 932. The summed E-state index contributed by atoms with van der Waals surface area (Å²) in [6.07, 6.45) is 11.8. The van der Waals surface area contributed by atoms with Gasteiger partial charge in [0.05, 0.1) is 5.52 Å². The Balaban J connectivity index is 1.39. The Labute approximate surface area is 185 Å². The Kier molecular flexibility index (Phi) is 6.35. The molecule has 0 radical (unpaired) electrons. The third-order valence-electron chi connectivity index (χ3n) is 7.82. The van der Waals surface area contributed by atoms with E-state index in [4.69, 9.17) is 0 Å². The van der Waals surface area contributed by atoms with Crippen molar-refractivity contribution in [3.05, 3.63) is 30.2 Å². The van der Waals surface area contributed by atoms with Gasteiger partial charge in [0.2, 0.25) is 11.8 Å². The molecule has 4 heterocycles. The fraction of sp³-hybridized carbons (Fsp3) is 0.640. The summed E-state index contributed by atoms with van der Waals surface area (Å²) in [5, 5.41) is 1.16. The van der Waals surface area contributed by atoms with Gasteiger partial charge in [0, 0.05) is 56.6 Å². The first kappa shape index (κ1) is 21.8. The smallest absolute Gasteiger partial charge is 0.242 e. The predicted molar refractivity (Wildman–Crippen MR) is 123 cm³/mol. The zero-order valence-corrected chi connectivity index (χ0v) is 19.3. The van der Waals surface area contributed by atoms with Crippen LogP contribution in [0.3, 0.4) is 0 Å². The number of carbonyl (C=O) groups excluding carboxylic acids is 2. The maximum atomic E-state index is 13.1. The van der Waals surface area contributed by atoms with Gasteiger partial charge >= 0.3 is 0 Å². The number of amides is 2. The SMILES string of the molecule is CCC(=O)N1CCC2(CC1)CCN(C(=O)Cn1cc(C(C)CC)c3cnccc31)CC2. The zero-order valence-electron chi connectivity index (χ0n) is 19.3. The highest BCUT2D eigenvalue weighted by Crippen LogP contribution is 2.41. The molecule has 1 atom stereocenters. The van der Waals surface area contributed by atoms with Crippen LogP contribution in [0.25, 0.3) is 10.9 Å². The summed E-state index contributed by atoms with van der Waals surface area (Å²) in [6.45, 7) is 10.2. The average molecular weight is 425 g/mol. The molecule has 0 aliphatic carbocycles. The van der Waals surface area contributed by atoms with E-state index < -0.39 is 0 Å². The molecule has 2 aromatic rings. The normalized spacial score (nSPS) is 19.7. The van der Waals surface area contributed by atoms with E-state index in [1.165, 1.54) is 5.56 Å². The van der Waals surface area contributed by atoms with Crippen molar-refractivity contribution in [2.75, 3.05) is 26.2 Å². The first-order valence-corrected chi connectivity index (χ1v) is 11.9. The molecule has 2 aliphatic rings. The highest BCUT2D eigenvalue weighted by atomic mass is 16.2. The third-order valence-corrected chi connectivity index (χ3v) is 7.82. The molecule has 31 heavy (non-hydrogen) atoms. The number of hydrogen-bond acceptors (Lipinski definition) is 3. The molecule has 2 aliphatic heterocycles. The third kappa shape index (κ3) is 4.35. The maximum Gasteiger partial charge on any atom is 0.242 e. The number of pyridine rings is 1. The van der Waals surface area contributed by atoms with Crippen LogP contribution in [0.15, 0.2) is 24.7 Å². The van der Waals surface area contributed by atoms with E-state index >= 15 is 0 Å². The van der Waals surface area contributed by atoms with Crippen LogP contribution in [0.5, 0.6) is 0 Å². The highest BCUT2D eigenvalue weighted by Gasteiger charge is 2.39. The van der Waals surface area contributed by atoms with E-state index in [2.05, 4.69) is 29.6 Å². The number of hydrogen-bond donors (Lipinski definition) is 0. The van der Waals surface area contributed by atoms with Gasteiger partial charge in [-0.3, -0.25) is 14.6 Å². The summed E-state index contributed by atoms with van der Waals surface area (Å²) in [7, 11) is 0. The molecule has 2 fully saturated rings. The first-order valence-electron chi connectivity index (χ1n) is 11.9. The minimum Gasteiger partial charge on any atom is -0.343 e. The Hall–Kier alpha value is -2.37. The molecule has 0 saturated carbocycles. The lowest BCUT2D eigenvalue weighted by molar-refractivity contribution is -0.136. The van der Waals surface area contributed by atoms with Crippen molar-refractivity contribution in [3.8, 4) is 0 Å². The van der Waals surface area contributed by atoms with Gasteiger partial charge in [-0.05, 0) is 55.1 Å². The Morgan fingerprint density at radius 1 is 1.03 bits per heavy atom. The summed E-state index contributed by atoms with van der Waals surface area (Å²) in [5.41, 5.74) is 2.70.